The van der Waals surface area contributed by atoms with Crippen LogP contribution in [0.2, 0.25) is 0 Å². The van der Waals surface area contributed by atoms with E-state index in [9.17, 15) is 13.0 Å². The molecular formula is C16H22N7O7PS2. The molecule has 0 bridgehead atoms. The van der Waals surface area contributed by atoms with E-state index in [4.69, 9.17) is 30.3 Å². The first kappa shape index (κ1) is 26.7. The van der Waals surface area contributed by atoms with Crippen molar-refractivity contribution in [3.05, 3.63) is 39.1 Å². The van der Waals surface area contributed by atoms with Crippen LogP contribution in [0.3, 0.4) is 0 Å². The first-order chi connectivity index (χ1) is 15.7. The summed E-state index contributed by atoms with van der Waals surface area (Å²) < 4.78 is 49.7. The van der Waals surface area contributed by atoms with E-state index in [1.165, 1.54) is 6.07 Å². The van der Waals surface area contributed by atoms with Crippen molar-refractivity contribution in [3.63, 3.8) is 0 Å². The summed E-state index contributed by atoms with van der Waals surface area (Å²) in [5.74, 6) is 0.743. The predicted molar refractivity (Wildman–Crippen MR) is 122 cm³/mol. The van der Waals surface area contributed by atoms with Gasteiger partial charge in [-0.05, 0) is 47.8 Å². The van der Waals surface area contributed by atoms with Crippen LogP contribution in [0.15, 0.2) is 32.6 Å². The largest absolute Gasteiger partial charge is 0.490 e. The highest BCUT2D eigenvalue weighted by atomic mass is 32.2. The number of nitrogens with one attached hydrogen (secondary N) is 1. The van der Waals surface area contributed by atoms with Crippen LogP contribution in [0.1, 0.15) is 19.3 Å². The molecule has 1 heterocycles. The first-order valence-electron chi connectivity index (χ1n) is 9.55. The van der Waals surface area contributed by atoms with Gasteiger partial charge in [0.2, 0.25) is 0 Å². The lowest BCUT2D eigenvalue weighted by molar-refractivity contribution is 0.263. The Bertz CT molecular complexity index is 1200. The standard InChI is InChI=1S/C16H22N7O7PS2/c17-22-19-4-1-2-6-29-14-10-15-12(8-13(14)30-7-3-5-20-23-18)9-16(32-15)33(27,28)21-11-31(24,25)26/h8-10,21H,1-7,11H2,(H2,24,25,26). The van der Waals surface area contributed by atoms with Crippen molar-refractivity contribution in [2.75, 3.05) is 32.6 Å². The SMILES string of the molecule is [N-]=[N+]=NCCCCOc1cc2sc(S(=O)(=O)NCP(=O)(O)O)cc2cc1OCCCN=[N+]=[N-]. The Hall–Kier alpha value is -2.54. The smallest absolute Gasteiger partial charge is 0.340 e. The van der Waals surface area contributed by atoms with E-state index in [1.807, 2.05) is 4.72 Å². The van der Waals surface area contributed by atoms with Crippen molar-refractivity contribution in [2.24, 2.45) is 10.2 Å². The van der Waals surface area contributed by atoms with E-state index in [1.54, 1.807) is 12.1 Å². The molecule has 0 unspecified atom stereocenters. The van der Waals surface area contributed by atoms with Crippen LogP contribution in [0.5, 0.6) is 11.5 Å². The maximum atomic E-state index is 12.4. The van der Waals surface area contributed by atoms with Crippen LogP contribution >= 0.6 is 18.9 Å². The van der Waals surface area contributed by atoms with Gasteiger partial charge in [-0.25, -0.2) is 8.42 Å². The van der Waals surface area contributed by atoms with Crippen LogP contribution in [0.4, 0.5) is 0 Å². The van der Waals surface area contributed by atoms with Crippen molar-refractivity contribution in [2.45, 2.75) is 23.5 Å². The van der Waals surface area contributed by atoms with Gasteiger partial charge in [-0.1, -0.05) is 10.2 Å². The fourth-order valence-electron chi connectivity index (χ4n) is 2.49. The molecule has 0 fully saturated rings. The molecule has 0 saturated heterocycles. The summed E-state index contributed by atoms with van der Waals surface area (Å²) in [6.45, 7) is 1.13. The second kappa shape index (κ2) is 12.6. The van der Waals surface area contributed by atoms with Crippen molar-refractivity contribution in [1.82, 2.24) is 4.72 Å². The fraction of sp³-hybridized carbons (Fsp3) is 0.500. The van der Waals surface area contributed by atoms with Gasteiger partial charge in [0, 0.05) is 33.7 Å². The predicted octanol–water partition coefficient (Wildman–Crippen LogP) is 3.86. The summed E-state index contributed by atoms with van der Waals surface area (Å²) in [6, 6.07) is 4.60. The van der Waals surface area contributed by atoms with Gasteiger partial charge < -0.3 is 19.3 Å². The summed E-state index contributed by atoms with van der Waals surface area (Å²) in [5, 5.41) is 7.42. The van der Waals surface area contributed by atoms with Gasteiger partial charge in [0.1, 0.15) is 10.5 Å². The Balaban J connectivity index is 2.23. The Morgan fingerprint density at radius 1 is 1.00 bits per heavy atom. The van der Waals surface area contributed by atoms with Crippen molar-refractivity contribution in [3.8, 4) is 11.5 Å². The molecule has 0 spiro atoms. The van der Waals surface area contributed by atoms with Crippen LogP contribution in [-0.2, 0) is 14.6 Å². The van der Waals surface area contributed by atoms with Gasteiger partial charge >= 0.3 is 7.60 Å². The molecule has 0 amide bonds. The average Bonchev–Trinajstić information content (AvgIpc) is 3.18. The molecule has 2 rings (SSSR count). The minimum absolute atomic E-state index is 0.119. The summed E-state index contributed by atoms with van der Waals surface area (Å²) in [4.78, 5) is 23.2. The molecule has 17 heteroatoms. The maximum Gasteiger partial charge on any atom is 0.340 e. The number of sulfonamides is 1. The molecule has 0 radical (unpaired) electrons. The number of unbranched alkanes of at least 4 members (excludes halogenated alkanes) is 1. The number of azide groups is 2. The number of rotatable bonds is 15. The van der Waals surface area contributed by atoms with Gasteiger partial charge in [-0.3, -0.25) is 4.57 Å². The minimum Gasteiger partial charge on any atom is -0.490 e. The Morgan fingerprint density at radius 3 is 2.24 bits per heavy atom. The monoisotopic (exact) mass is 519 g/mol. The van der Waals surface area contributed by atoms with Crippen LogP contribution in [0.25, 0.3) is 31.0 Å². The second-order valence-electron chi connectivity index (χ2n) is 6.54. The molecule has 1 aromatic carbocycles. The third kappa shape index (κ3) is 9.08. The lowest BCUT2D eigenvalue weighted by atomic mass is 10.2. The molecule has 0 atom stereocenters. The van der Waals surface area contributed by atoms with Crippen LogP contribution in [-0.4, -0.2) is 50.8 Å². The molecule has 2 aromatic rings. The van der Waals surface area contributed by atoms with E-state index in [0.717, 1.165) is 11.3 Å². The van der Waals surface area contributed by atoms with Gasteiger partial charge in [-0.2, -0.15) is 4.72 Å². The quantitative estimate of drug-likeness (QED) is 0.103. The van der Waals surface area contributed by atoms with Gasteiger partial charge in [0.15, 0.2) is 11.5 Å². The second-order valence-corrected chi connectivity index (χ2v) is 11.3. The number of hydrogen-bond donors (Lipinski definition) is 3. The normalized spacial score (nSPS) is 11.6. The zero-order chi connectivity index (χ0) is 24.3. The summed E-state index contributed by atoms with van der Waals surface area (Å²) in [6.07, 6.45) is 0.696. The maximum absolute atomic E-state index is 12.4. The molecule has 0 aliphatic carbocycles. The van der Waals surface area contributed by atoms with Crippen molar-refractivity contribution in [1.29, 1.82) is 0 Å². The molecular weight excluding hydrogens is 497 g/mol. The van der Waals surface area contributed by atoms with E-state index in [-0.39, 0.29) is 17.4 Å². The van der Waals surface area contributed by atoms with Gasteiger partial charge in [-0.15, -0.1) is 11.3 Å². The van der Waals surface area contributed by atoms with E-state index < -0.39 is 23.9 Å². The van der Waals surface area contributed by atoms with Crippen LogP contribution in [0, 0.1) is 0 Å². The topological polar surface area (TPSA) is 220 Å². The van der Waals surface area contributed by atoms with Crippen molar-refractivity contribution >= 4 is 39.0 Å². The van der Waals surface area contributed by atoms with Crippen LogP contribution < -0.4 is 14.2 Å². The van der Waals surface area contributed by atoms with E-state index >= 15 is 0 Å². The summed E-state index contributed by atoms with van der Waals surface area (Å²) in [7, 11) is -8.69. The van der Waals surface area contributed by atoms with Gasteiger partial charge in [0.05, 0.1) is 13.2 Å². The Morgan fingerprint density at radius 2 is 1.61 bits per heavy atom. The highest BCUT2D eigenvalue weighted by molar-refractivity contribution is 7.92. The molecule has 14 nitrogen and oxygen atoms in total. The number of hydrogen-bond acceptors (Lipinski definition) is 8. The Kier molecular flexibility index (Phi) is 10.2. The number of ether oxygens (including phenoxy) is 2. The summed E-state index contributed by atoms with van der Waals surface area (Å²) in [5.41, 5.74) is 16.7. The first-order valence-corrected chi connectivity index (χ1v) is 13.6. The molecule has 180 valence electrons. The van der Waals surface area contributed by atoms with Crippen molar-refractivity contribution < 1.29 is 32.2 Å². The summed E-state index contributed by atoms with van der Waals surface area (Å²) >= 11 is 0.914. The highest BCUT2D eigenvalue weighted by Gasteiger charge is 2.23. The van der Waals surface area contributed by atoms with E-state index in [0.29, 0.717) is 54.0 Å². The number of thiophene rings is 1. The molecule has 0 aliphatic heterocycles. The average molecular weight is 520 g/mol. The lowest BCUT2D eigenvalue weighted by Crippen LogP contribution is -2.23. The molecule has 1 aromatic heterocycles. The number of fused-ring (bicyclic) bond motifs is 1. The number of benzene rings is 1. The molecule has 33 heavy (non-hydrogen) atoms. The fourth-order valence-corrected chi connectivity index (χ4v) is 5.96. The lowest BCUT2D eigenvalue weighted by Gasteiger charge is -2.13. The molecule has 3 N–H and O–H groups in total. The Labute approximate surface area is 193 Å². The number of nitrogens with zero attached hydrogens (tertiary/aromatic N) is 6. The zero-order valence-corrected chi connectivity index (χ0v) is 19.8. The zero-order valence-electron chi connectivity index (χ0n) is 17.3. The third-order valence-electron chi connectivity index (χ3n) is 3.98. The third-order valence-corrected chi connectivity index (χ3v) is 7.74. The minimum atomic E-state index is -4.56. The highest BCUT2D eigenvalue weighted by Crippen LogP contribution is 2.39. The molecule has 0 aliphatic rings. The molecule has 0 saturated carbocycles. The van der Waals surface area contributed by atoms with Gasteiger partial charge in [0.25, 0.3) is 10.0 Å². The van der Waals surface area contributed by atoms with E-state index in [2.05, 4.69) is 20.1 Å².